The van der Waals surface area contributed by atoms with E-state index < -0.39 is 24.2 Å². The molecule has 1 aromatic carbocycles. The number of halogens is 4. The monoisotopic (exact) mass is 448 g/mol. The van der Waals surface area contributed by atoms with Gasteiger partial charge in [0.15, 0.2) is 0 Å². The van der Waals surface area contributed by atoms with Crippen LogP contribution >= 0.6 is 0 Å². The Hall–Kier alpha value is -2.69. The molecule has 2 heterocycles. The van der Waals surface area contributed by atoms with Gasteiger partial charge in [-0.1, -0.05) is 12.1 Å². The van der Waals surface area contributed by atoms with E-state index in [4.69, 9.17) is 9.90 Å². The van der Waals surface area contributed by atoms with E-state index in [1.165, 1.54) is 17.0 Å². The topological polar surface area (TPSA) is 98.1 Å². The van der Waals surface area contributed by atoms with Crippen molar-refractivity contribution >= 4 is 17.8 Å². The third kappa shape index (κ3) is 7.20. The molecule has 0 aromatic heterocycles. The standard InChI is InChI=1S/C18H23FN2O3.C2HF3O2/c19-14-5-3-4-13(10-14)11-17(22)21-9-6-15(12-16(21)18(23)24)20-7-1-2-8-20;3-2(4,5)1(6)7/h3-5,10,15-16H,1-2,6-9,11-12H2,(H,23,24);(H,6,7). The Bertz CT molecular complexity index is 796. The molecule has 0 radical (unpaired) electrons. The summed E-state index contributed by atoms with van der Waals surface area (Å²) in [6.07, 6.45) is -1.44. The van der Waals surface area contributed by atoms with Gasteiger partial charge in [0.2, 0.25) is 5.91 Å². The maximum Gasteiger partial charge on any atom is 0.490 e. The third-order valence-corrected chi connectivity index (χ3v) is 5.32. The summed E-state index contributed by atoms with van der Waals surface area (Å²) in [6, 6.07) is 5.36. The minimum atomic E-state index is -5.08. The SMILES string of the molecule is O=C(O)C(F)(F)F.O=C(O)C1CC(N2CCCC2)CCN1C(=O)Cc1cccc(F)c1. The van der Waals surface area contributed by atoms with Crippen LogP contribution in [0.15, 0.2) is 24.3 Å². The van der Waals surface area contributed by atoms with E-state index in [1.54, 1.807) is 12.1 Å². The number of nitrogens with zero attached hydrogens (tertiary/aromatic N) is 2. The fraction of sp³-hybridized carbons (Fsp3) is 0.550. The zero-order chi connectivity index (χ0) is 23.2. The van der Waals surface area contributed by atoms with Crippen molar-refractivity contribution in [2.75, 3.05) is 19.6 Å². The van der Waals surface area contributed by atoms with E-state index in [1.807, 2.05) is 0 Å². The second-order valence-corrected chi connectivity index (χ2v) is 7.47. The lowest BCUT2D eigenvalue weighted by atomic mass is 9.95. The average molecular weight is 448 g/mol. The smallest absolute Gasteiger partial charge is 0.480 e. The quantitative estimate of drug-likeness (QED) is 0.687. The Balaban J connectivity index is 0.000000423. The van der Waals surface area contributed by atoms with Gasteiger partial charge in [-0.3, -0.25) is 4.79 Å². The minimum Gasteiger partial charge on any atom is -0.480 e. The number of hydrogen-bond acceptors (Lipinski definition) is 4. The van der Waals surface area contributed by atoms with E-state index in [9.17, 15) is 32.3 Å². The number of rotatable bonds is 4. The number of benzene rings is 1. The summed E-state index contributed by atoms with van der Waals surface area (Å²) in [5.41, 5.74) is 0.575. The van der Waals surface area contributed by atoms with Crippen molar-refractivity contribution in [3.05, 3.63) is 35.6 Å². The molecule has 2 atom stereocenters. The van der Waals surface area contributed by atoms with Crippen molar-refractivity contribution in [1.29, 1.82) is 0 Å². The van der Waals surface area contributed by atoms with Gasteiger partial charge in [-0.25, -0.2) is 14.0 Å². The van der Waals surface area contributed by atoms with Crippen LogP contribution in [-0.2, 0) is 20.8 Å². The van der Waals surface area contributed by atoms with Crippen molar-refractivity contribution in [1.82, 2.24) is 9.80 Å². The van der Waals surface area contributed by atoms with Crippen LogP contribution in [0.1, 0.15) is 31.2 Å². The van der Waals surface area contributed by atoms with Crippen LogP contribution in [0.4, 0.5) is 17.6 Å². The molecule has 0 aliphatic carbocycles. The number of likely N-dealkylation sites (tertiary alicyclic amines) is 2. The predicted octanol–water partition coefficient (Wildman–Crippen LogP) is 2.54. The summed E-state index contributed by atoms with van der Waals surface area (Å²) in [5.74, 6) is -4.34. The molecule has 2 aliphatic heterocycles. The van der Waals surface area contributed by atoms with Crippen LogP contribution in [-0.4, -0.2) is 75.8 Å². The highest BCUT2D eigenvalue weighted by molar-refractivity contribution is 5.85. The lowest BCUT2D eigenvalue weighted by molar-refractivity contribution is -0.192. The van der Waals surface area contributed by atoms with Gasteiger partial charge in [-0.2, -0.15) is 13.2 Å². The summed E-state index contributed by atoms with van der Waals surface area (Å²) >= 11 is 0. The van der Waals surface area contributed by atoms with Gasteiger partial charge < -0.3 is 20.0 Å². The van der Waals surface area contributed by atoms with Gasteiger partial charge in [0.25, 0.3) is 0 Å². The molecule has 31 heavy (non-hydrogen) atoms. The maximum absolute atomic E-state index is 13.3. The molecule has 11 heteroatoms. The molecule has 2 aliphatic rings. The Labute approximate surface area is 176 Å². The fourth-order valence-electron chi connectivity index (χ4n) is 3.84. The lowest BCUT2D eigenvalue weighted by Gasteiger charge is -2.40. The van der Waals surface area contributed by atoms with Crippen molar-refractivity contribution in [2.24, 2.45) is 0 Å². The van der Waals surface area contributed by atoms with Crippen molar-refractivity contribution < 1.29 is 42.2 Å². The Morgan fingerprint density at radius 2 is 1.68 bits per heavy atom. The Kier molecular flexibility index (Phi) is 8.37. The van der Waals surface area contributed by atoms with Gasteiger partial charge >= 0.3 is 18.1 Å². The highest BCUT2D eigenvalue weighted by atomic mass is 19.4. The van der Waals surface area contributed by atoms with Gasteiger partial charge in [0.1, 0.15) is 11.9 Å². The molecule has 7 nitrogen and oxygen atoms in total. The number of piperidine rings is 1. The molecule has 2 saturated heterocycles. The Morgan fingerprint density at radius 1 is 1.06 bits per heavy atom. The number of aliphatic carboxylic acids is 2. The number of alkyl halides is 3. The largest absolute Gasteiger partial charge is 0.490 e. The van der Waals surface area contributed by atoms with E-state index in [0.717, 1.165) is 32.4 Å². The number of carbonyl (C=O) groups excluding carboxylic acids is 1. The first kappa shape index (κ1) is 24.6. The molecular weight excluding hydrogens is 424 g/mol. The third-order valence-electron chi connectivity index (χ3n) is 5.32. The van der Waals surface area contributed by atoms with Gasteiger partial charge in [-0.15, -0.1) is 0 Å². The molecule has 0 saturated carbocycles. The zero-order valence-electron chi connectivity index (χ0n) is 16.6. The number of hydrogen-bond donors (Lipinski definition) is 2. The predicted molar refractivity (Wildman–Crippen MR) is 101 cm³/mol. The van der Waals surface area contributed by atoms with E-state index >= 15 is 0 Å². The molecular formula is C20H24F4N2O5. The second-order valence-electron chi connectivity index (χ2n) is 7.47. The summed E-state index contributed by atoms with van der Waals surface area (Å²) in [6.45, 7) is 2.49. The van der Waals surface area contributed by atoms with Crippen LogP contribution in [0.2, 0.25) is 0 Å². The first-order chi connectivity index (χ1) is 14.5. The highest BCUT2D eigenvalue weighted by Crippen LogP contribution is 2.26. The normalized spacial score (nSPS) is 21.9. The van der Waals surface area contributed by atoms with Gasteiger partial charge in [-0.05, 0) is 56.5 Å². The van der Waals surface area contributed by atoms with Gasteiger partial charge in [0.05, 0.1) is 6.42 Å². The number of carbonyl (C=O) groups is 3. The highest BCUT2D eigenvalue weighted by Gasteiger charge is 2.39. The molecule has 2 N–H and O–H groups in total. The zero-order valence-corrected chi connectivity index (χ0v) is 16.6. The molecule has 0 bridgehead atoms. The fourth-order valence-corrected chi connectivity index (χ4v) is 3.84. The summed E-state index contributed by atoms with van der Waals surface area (Å²) in [7, 11) is 0. The van der Waals surface area contributed by atoms with Gasteiger partial charge in [0, 0.05) is 12.6 Å². The summed E-state index contributed by atoms with van der Waals surface area (Å²) in [4.78, 5) is 36.9. The summed E-state index contributed by atoms with van der Waals surface area (Å²) < 4.78 is 45.0. The molecule has 1 amide bonds. The van der Waals surface area contributed by atoms with Crippen molar-refractivity contribution in [3.63, 3.8) is 0 Å². The lowest BCUT2D eigenvalue weighted by Crippen LogP contribution is -2.54. The van der Waals surface area contributed by atoms with Crippen LogP contribution in [0, 0.1) is 5.82 Å². The number of amides is 1. The van der Waals surface area contributed by atoms with E-state index in [-0.39, 0.29) is 24.2 Å². The molecule has 1 aromatic rings. The number of carboxylic acids is 2. The summed E-state index contributed by atoms with van der Waals surface area (Å²) in [5, 5.41) is 16.7. The first-order valence-corrected chi connectivity index (χ1v) is 9.80. The first-order valence-electron chi connectivity index (χ1n) is 9.80. The number of carboxylic acid groups (broad SMARTS) is 2. The average Bonchev–Trinajstić information content (AvgIpc) is 3.22. The molecule has 0 spiro atoms. The van der Waals surface area contributed by atoms with E-state index in [0.29, 0.717) is 18.5 Å². The van der Waals surface area contributed by atoms with Crippen LogP contribution in [0.5, 0.6) is 0 Å². The maximum atomic E-state index is 13.3. The van der Waals surface area contributed by atoms with Crippen molar-refractivity contribution in [3.8, 4) is 0 Å². The molecule has 172 valence electrons. The molecule has 3 rings (SSSR count). The van der Waals surface area contributed by atoms with Crippen molar-refractivity contribution in [2.45, 2.75) is 50.4 Å². The molecule has 2 fully saturated rings. The minimum absolute atomic E-state index is 0.0376. The Morgan fingerprint density at radius 3 is 2.19 bits per heavy atom. The second kappa shape index (κ2) is 10.6. The van der Waals surface area contributed by atoms with Crippen LogP contribution < -0.4 is 0 Å². The molecule has 2 unspecified atom stereocenters. The van der Waals surface area contributed by atoms with Crippen LogP contribution in [0.3, 0.4) is 0 Å². The van der Waals surface area contributed by atoms with Crippen LogP contribution in [0.25, 0.3) is 0 Å². The van der Waals surface area contributed by atoms with E-state index in [2.05, 4.69) is 4.90 Å².